The lowest BCUT2D eigenvalue weighted by Crippen LogP contribution is -1.88. The van der Waals surface area contributed by atoms with Crippen LogP contribution in [0.3, 0.4) is 0 Å². The Balaban J connectivity index is 1.75. The Morgan fingerprint density at radius 2 is 1.35 bits per heavy atom. The zero-order valence-corrected chi connectivity index (χ0v) is 11.9. The van der Waals surface area contributed by atoms with Gasteiger partial charge in [0.05, 0.1) is 11.4 Å². The van der Waals surface area contributed by atoms with E-state index in [1.807, 2.05) is 42.5 Å². The Labute approximate surface area is 119 Å². The molecular formula is C18H18N2. The molecule has 0 N–H and O–H groups in total. The lowest BCUT2D eigenvalue weighted by molar-refractivity contribution is 0.642. The maximum absolute atomic E-state index is 4.26. The van der Waals surface area contributed by atoms with Crippen molar-refractivity contribution in [2.45, 2.75) is 19.8 Å². The number of benzene rings is 2. The predicted molar refractivity (Wildman–Crippen MR) is 82.7 cm³/mol. The summed E-state index contributed by atoms with van der Waals surface area (Å²) in [6, 6.07) is 18.1. The number of allylic oxidation sites excluding steroid dienone is 1. The van der Waals surface area contributed by atoms with Gasteiger partial charge in [0.2, 0.25) is 0 Å². The van der Waals surface area contributed by atoms with Gasteiger partial charge in [-0.3, -0.25) is 0 Å². The first-order chi connectivity index (χ1) is 9.59. The van der Waals surface area contributed by atoms with Crippen LogP contribution in [0.5, 0.6) is 0 Å². The van der Waals surface area contributed by atoms with Crippen molar-refractivity contribution in [3.63, 3.8) is 0 Å². The van der Waals surface area contributed by atoms with Gasteiger partial charge < -0.3 is 0 Å². The molecule has 1 aliphatic carbocycles. The van der Waals surface area contributed by atoms with Crippen LogP contribution in [-0.2, 0) is 0 Å². The quantitative estimate of drug-likeness (QED) is 0.494. The molecule has 2 aromatic rings. The summed E-state index contributed by atoms with van der Waals surface area (Å²) in [5.74, 6) is 0.489. The SMILES string of the molecule is C=C1C(c2ccc(N=Nc3ccccc3)cc2)C1(C)C. The Hall–Kier alpha value is -2.22. The van der Waals surface area contributed by atoms with Crippen molar-refractivity contribution in [1.29, 1.82) is 0 Å². The van der Waals surface area contributed by atoms with Crippen LogP contribution in [0.15, 0.2) is 77.0 Å². The molecule has 0 spiro atoms. The second-order valence-electron chi connectivity index (χ2n) is 5.81. The molecule has 1 fully saturated rings. The average Bonchev–Trinajstić information content (AvgIpc) is 2.97. The third kappa shape index (κ3) is 2.29. The van der Waals surface area contributed by atoms with E-state index in [0.29, 0.717) is 5.92 Å². The van der Waals surface area contributed by atoms with E-state index in [-0.39, 0.29) is 5.41 Å². The number of azo groups is 1. The standard InChI is InChI=1S/C18H18N2/c1-13-17(18(13,2)3)14-9-11-16(12-10-14)20-19-15-7-5-4-6-8-15/h4-12,17H,1H2,2-3H3. The van der Waals surface area contributed by atoms with Gasteiger partial charge in [0.15, 0.2) is 0 Å². The van der Waals surface area contributed by atoms with Crippen molar-refractivity contribution < 1.29 is 0 Å². The molecule has 0 radical (unpaired) electrons. The van der Waals surface area contributed by atoms with Gasteiger partial charge in [-0.1, -0.05) is 56.3 Å². The third-order valence-electron chi connectivity index (χ3n) is 4.08. The lowest BCUT2D eigenvalue weighted by Gasteiger charge is -2.02. The van der Waals surface area contributed by atoms with Crippen molar-refractivity contribution in [3.8, 4) is 0 Å². The van der Waals surface area contributed by atoms with Gasteiger partial charge >= 0.3 is 0 Å². The highest BCUT2D eigenvalue weighted by Crippen LogP contribution is 2.63. The topological polar surface area (TPSA) is 24.7 Å². The fourth-order valence-corrected chi connectivity index (χ4v) is 2.60. The molecule has 20 heavy (non-hydrogen) atoms. The Morgan fingerprint density at radius 1 is 0.850 bits per heavy atom. The van der Waals surface area contributed by atoms with Gasteiger partial charge in [-0.05, 0) is 35.2 Å². The van der Waals surface area contributed by atoms with E-state index in [0.717, 1.165) is 11.4 Å². The van der Waals surface area contributed by atoms with Gasteiger partial charge in [0, 0.05) is 5.92 Å². The minimum atomic E-state index is 0.243. The Kier molecular flexibility index (Phi) is 3.01. The van der Waals surface area contributed by atoms with Crippen molar-refractivity contribution in [2.24, 2.45) is 15.6 Å². The number of rotatable bonds is 3. The van der Waals surface area contributed by atoms with E-state index in [4.69, 9.17) is 0 Å². The van der Waals surface area contributed by atoms with E-state index in [1.165, 1.54) is 11.1 Å². The molecular weight excluding hydrogens is 244 g/mol. The smallest absolute Gasteiger partial charge is 0.0857 e. The highest BCUT2D eigenvalue weighted by Gasteiger charge is 2.51. The van der Waals surface area contributed by atoms with Crippen LogP contribution in [0.25, 0.3) is 0 Å². The van der Waals surface area contributed by atoms with Crippen LogP contribution in [0, 0.1) is 5.41 Å². The summed E-state index contributed by atoms with van der Waals surface area (Å²) >= 11 is 0. The largest absolute Gasteiger partial charge is 0.151 e. The number of hydrogen-bond donors (Lipinski definition) is 0. The van der Waals surface area contributed by atoms with Crippen molar-refractivity contribution >= 4 is 11.4 Å². The molecule has 2 nitrogen and oxygen atoms in total. The van der Waals surface area contributed by atoms with Crippen LogP contribution >= 0.6 is 0 Å². The first kappa shape index (κ1) is 12.8. The van der Waals surface area contributed by atoms with E-state index in [2.05, 4.69) is 42.8 Å². The van der Waals surface area contributed by atoms with Gasteiger partial charge in [-0.2, -0.15) is 10.2 Å². The molecule has 100 valence electrons. The van der Waals surface area contributed by atoms with Crippen LogP contribution in [0.2, 0.25) is 0 Å². The summed E-state index contributed by atoms with van der Waals surface area (Å²) in [4.78, 5) is 0. The highest BCUT2D eigenvalue weighted by atomic mass is 15.1. The molecule has 0 bridgehead atoms. The lowest BCUT2D eigenvalue weighted by atomic mass is 10.0. The average molecular weight is 262 g/mol. The van der Waals surface area contributed by atoms with Crippen LogP contribution in [0.1, 0.15) is 25.3 Å². The third-order valence-corrected chi connectivity index (χ3v) is 4.08. The van der Waals surface area contributed by atoms with E-state index in [9.17, 15) is 0 Å². The fraction of sp³-hybridized carbons (Fsp3) is 0.222. The molecule has 0 heterocycles. The molecule has 0 saturated heterocycles. The fourth-order valence-electron chi connectivity index (χ4n) is 2.60. The second-order valence-corrected chi connectivity index (χ2v) is 5.81. The van der Waals surface area contributed by atoms with Crippen LogP contribution < -0.4 is 0 Å². The van der Waals surface area contributed by atoms with E-state index < -0.39 is 0 Å². The minimum absolute atomic E-state index is 0.243. The van der Waals surface area contributed by atoms with Gasteiger partial charge in [-0.15, -0.1) is 0 Å². The van der Waals surface area contributed by atoms with Crippen molar-refractivity contribution in [2.75, 3.05) is 0 Å². The van der Waals surface area contributed by atoms with Gasteiger partial charge in [0.1, 0.15) is 0 Å². The minimum Gasteiger partial charge on any atom is -0.151 e. The van der Waals surface area contributed by atoms with Gasteiger partial charge in [-0.25, -0.2) is 0 Å². The summed E-state index contributed by atoms with van der Waals surface area (Å²) in [5, 5.41) is 8.47. The van der Waals surface area contributed by atoms with Crippen LogP contribution in [-0.4, -0.2) is 0 Å². The monoisotopic (exact) mass is 262 g/mol. The first-order valence-electron chi connectivity index (χ1n) is 6.85. The predicted octanol–water partition coefficient (Wildman–Crippen LogP) is 5.78. The molecule has 0 aliphatic heterocycles. The Morgan fingerprint density at radius 3 is 1.85 bits per heavy atom. The normalized spacial score (nSPS) is 20.3. The zero-order chi connectivity index (χ0) is 14.2. The number of hydrogen-bond acceptors (Lipinski definition) is 2. The molecule has 2 aromatic carbocycles. The first-order valence-corrected chi connectivity index (χ1v) is 6.85. The van der Waals surface area contributed by atoms with E-state index >= 15 is 0 Å². The van der Waals surface area contributed by atoms with Crippen molar-refractivity contribution in [1.82, 2.24) is 0 Å². The molecule has 3 rings (SSSR count). The summed E-state index contributed by atoms with van der Waals surface area (Å²) in [6.07, 6.45) is 0. The molecule has 1 unspecified atom stereocenters. The summed E-state index contributed by atoms with van der Waals surface area (Å²) in [5.41, 5.74) is 4.62. The van der Waals surface area contributed by atoms with Gasteiger partial charge in [0.25, 0.3) is 0 Å². The molecule has 1 atom stereocenters. The number of nitrogens with zero attached hydrogens (tertiary/aromatic N) is 2. The summed E-state index contributed by atoms with van der Waals surface area (Å²) < 4.78 is 0. The molecule has 1 aliphatic rings. The maximum atomic E-state index is 4.26. The Bertz CT molecular complexity index is 652. The second kappa shape index (κ2) is 4.71. The molecule has 0 amide bonds. The maximum Gasteiger partial charge on any atom is 0.0857 e. The zero-order valence-electron chi connectivity index (χ0n) is 11.9. The summed E-state index contributed by atoms with van der Waals surface area (Å²) in [7, 11) is 0. The van der Waals surface area contributed by atoms with E-state index in [1.54, 1.807) is 0 Å². The van der Waals surface area contributed by atoms with Crippen LogP contribution in [0.4, 0.5) is 11.4 Å². The highest BCUT2D eigenvalue weighted by molar-refractivity contribution is 5.51. The molecule has 2 heteroatoms. The van der Waals surface area contributed by atoms with Crippen molar-refractivity contribution in [3.05, 3.63) is 72.3 Å². The molecule has 0 aromatic heterocycles. The molecule has 1 saturated carbocycles. The summed E-state index contributed by atoms with van der Waals surface area (Å²) in [6.45, 7) is 8.61.